The Bertz CT molecular complexity index is 838. The molecule has 0 aliphatic carbocycles. The van der Waals surface area contributed by atoms with Crippen LogP contribution in [0.5, 0.6) is 0 Å². The monoisotopic (exact) mass is 398 g/mol. The van der Waals surface area contributed by atoms with E-state index in [9.17, 15) is 4.79 Å². The molecule has 2 aromatic rings. The van der Waals surface area contributed by atoms with Crippen LogP contribution < -0.4 is 5.32 Å². The summed E-state index contributed by atoms with van der Waals surface area (Å²) in [6.45, 7) is 9.53. The van der Waals surface area contributed by atoms with E-state index >= 15 is 0 Å². The molecule has 0 atom stereocenters. The van der Waals surface area contributed by atoms with Gasteiger partial charge < -0.3 is 14.6 Å². The molecule has 1 aliphatic rings. The van der Waals surface area contributed by atoms with Crippen molar-refractivity contribution in [3.63, 3.8) is 0 Å². The highest BCUT2D eigenvalue weighted by Gasteiger charge is 2.19. The number of piperazine rings is 1. The van der Waals surface area contributed by atoms with Crippen molar-refractivity contribution in [2.45, 2.75) is 20.5 Å². The molecule has 0 unspecified atom stereocenters. The third-order valence-electron chi connectivity index (χ3n) is 4.96. The maximum atomic E-state index is 12.2. The molecule has 1 N–H and O–H groups in total. The number of anilines is 1. The second-order valence-corrected chi connectivity index (χ2v) is 7.55. The van der Waals surface area contributed by atoms with Crippen LogP contribution >= 0.6 is 0 Å². The third kappa shape index (κ3) is 6.52. The lowest BCUT2D eigenvalue weighted by atomic mass is 10.1. The van der Waals surface area contributed by atoms with Gasteiger partial charge >= 0.3 is 0 Å². The Morgan fingerprint density at radius 3 is 2.55 bits per heavy atom. The average molecular weight is 399 g/mol. The van der Waals surface area contributed by atoms with Crippen LogP contribution in [0.1, 0.15) is 23.8 Å². The molecule has 2 heterocycles. The average Bonchev–Trinajstić information content (AvgIpc) is 3.09. The maximum Gasteiger partial charge on any atom is 0.239 e. The van der Waals surface area contributed by atoms with Crippen molar-refractivity contribution in [2.75, 3.05) is 51.7 Å². The number of aromatic nitrogens is 1. The van der Waals surface area contributed by atoms with Gasteiger partial charge in [0.15, 0.2) is 5.82 Å². The summed E-state index contributed by atoms with van der Waals surface area (Å²) in [5.41, 5.74) is 3.74. The van der Waals surface area contributed by atoms with Crippen molar-refractivity contribution in [3.8, 4) is 0 Å². The molecule has 1 aromatic carbocycles. The van der Waals surface area contributed by atoms with Crippen molar-refractivity contribution in [3.05, 3.63) is 52.8 Å². The van der Waals surface area contributed by atoms with Gasteiger partial charge in [0.2, 0.25) is 5.91 Å². The Hall–Kier alpha value is -2.48. The number of nitrogens with zero attached hydrogens (tertiary/aromatic N) is 3. The molecule has 0 radical (unpaired) electrons. The minimum atomic E-state index is -0.0578. The Morgan fingerprint density at radius 2 is 1.90 bits per heavy atom. The highest BCUT2D eigenvalue weighted by Crippen LogP contribution is 2.15. The van der Waals surface area contributed by atoms with Crippen molar-refractivity contribution < 1.29 is 14.1 Å². The van der Waals surface area contributed by atoms with E-state index in [2.05, 4.69) is 51.5 Å². The number of aryl methyl sites for hydroxylation is 1. The lowest BCUT2D eigenvalue weighted by Crippen LogP contribution is -2.48. The number of benzene rings is 1. The summed E-state index contributed by atoms with van der Waals surface area (Å²) in [6.07, 6.45) is 2.24. The van der Waals surface area contributed by atoms with E-state index in [1.807, 2.05) is 6.07 Å². The number of hydrogen-bond acceptors (Lipinski definition) is 6. The van der Waals surface area contributed by atoms with Gasteiger partial charge in [0, 0.05) is 45.9 Å². The van der Waals surface area contributed by atoms with Crippen molar-refractivity contribution >= 4 is 17.8 Å². The van der Waals surface area contributed by atoms with E-state index in [0.29, 0.717) is 24.7 Å². The van der Waals surface area contributed by atoms with Gasteiger partial charge in [-0.1, -0.05) is 41.1 Å². The van der Waals surface area contributed by atoms with Gasteiger partial charge in [0.05, 0.1) is 13.2 Å². The minimum absolute atomic E-state index is 0.0578. The molecule has 3 rings (SSSR count). The first-order chi connectivity index (χ1) is 14.0. The summed E-state index contributed by atoms with van der Waals surface area (Å²) >= 11 is 0. The molecule has 1 aliphatic heterocycles. The smallest absolute Gasteiger partial charge is 0.239 e. The van der Waals surface area contributed by atoms with Crippen LogP contribution in [0, 0.1) is 6.92 Å². The zero-order valence-corrected chi connectivity index (χ0v) is 17.5. The van der Waals surface area contributed by atoms with Gasteiger partial charge in [0.25, 0.3) is 0 Å². The van der Waals surface area contributed by atoms with E-state index in [0.717, 1.165) is 32.7 Å². The van der Waals surface area contributed by atoms with E-state index in [4.69, 9.17) is 9.26 Å². The molecule has 1 fully saturated rings. The van der Waals surface area contributed by atoms with Crippen molar-refractivity contribution in [1.29, 1.82) is 0 Å². The lowest BCUT2D eigenvalue weighted by Gasteiger charge is -2.34. The zero-order chi connectivity index (χ0) is 20.6. The van der Waals surface area contributed by atoms with Crippen molar-refractivity contribution in [2.24, 2.45) is 0 Å². The lowest BCUT2D eigenvalue weighted by molar-refractivity contribution is -0.117. The zero-order valence-electron chi connectivity index (χ0n) is 17.5. The summed E-state index contributed by atoms with van der Waals surface area (Å²) in [7, 11) is 1.72. The quantitative estimate of drug-likeness (QED) is 0.737. The first kappa shape index (κ1) is 21.2. The number of rotatable bonds is 8. The summed E-state index contributed by atoms with van der Waals surface area (Å²) in [5, 5.41) is 6.58. The number of carbonyl (C=O) groups is 1. The van der Waals surface area contributed by atoms with Gasteiger partial charge in [-0.3, -0.25) is 14.6 Å². The molecular weight excluding hydrogens is 368 g/mol. The number of nitrogens with one attached hydrogen (secondary N) is 1. The van der Waals surface area contributed by atoms with E-state index in [1.165, 1.54) is 16.7 Å². The van der Waals surface area contributed by atoms with Crippen LogP contribution in [0.2, 0.25) is 0 Å². The maximum absolute atomic E-state index is 12.2. The van der Waals surface area contributed by atoms with Crippen LogP contribution in [0.3, 0.4) is 0 Å². The summed E-state index contributed by atoms with van der Waals surface area (Å²) in [6, 6.07) is 10.1. The number of hydrogen-bond donors (Lipinski definition) is 1. The molecule has 7 nitrogen and oxygen atoms in total. The molecule has 1 amide bonds. The minimum Gasteiger partial charge on any atom is -0.380 e. The topological polar surface area (TPSA) is 70.8 Å². The molecule has 1 aromatic heterocycles. The van der Waals surface area contributed by atoms with Crippen molar-refractivity contribution in [1.82, 2.24) is 15.0 Å². The molecule has 156 valence electrons. The molecule has 7 heteroatoms. The van der Waals surface area contributed by atoms with Gasteiger partial charge in [-0.25, -0.2) is 0 Å². The molecule has 1 saturated heterocycles. The van der Waals surface area contributed by atoms with Gasteiger partial charge in [0.1, 0.15) is 5.76 Å². The fourth-order valence-corrected chi connectivity index (χ4v) is 3.54. The second-order valence-electron chi connectivity index (χ2n) is 7.55. The predicted molar refractivity (Wildman–Crippen MR) is 114 cm³/mol. The molecule has 0 saturated carbocycles. The Labute approximate surface area is 172 Å². The molecule has 0 bridgehead atoms. The normalized spacial score (nSPS) is 16.2. The van der Waals surface area contributed by atoms with Gasteiger partial charge in [-0.05, 0) is 25.0 Å². The number of amides is 1. The Morgan fingerprint density at radius 1 is 1.21 bits per heavy atom. The number of methoxy groups -OCH3 is 1. The van der Waals surface area contributed by atoms with Gasteiger partial charge in [-0.15, -0.1) is 0 Å². The predicted octanol–water partition coefficient (Wildman–Crippen LogP) is 2.79. The number of carbonyl (C=O) groups excluding carboxylic acids is 1. The summed E-state index contributed by atoms with van der Waals surface area (Å²) in [4.78, 5) is 16.8. The van der Waals surface area contributed by atoms with Crippen LogP contribution in [0.15, 0.2) is 40.4 Å². The van der Waals surface area contributed by atoms with E-state index in [-0.39, 0.29) is 5.91 Å². The largest absolute Gasteiger partial charge is 0.380 e. The highest BCUT2D eigenvalue weighted by molar-refractivity contribution is 5.91. The van der Waals surface area contributed by atoms with Gasteiger partial charge in [-0.2, -0.15) is 0 Å². The van der Waals surface area contributed by atoms with E-state index < -0.39 is 0 Å². The second kappa shape index (κ2) is 10.3. The van der Waals surface area contributed by atoms with Crippen LogP contribution in [-0.4, -0.2) is 67.2 Å². The first-order valence-electron chi connectivity index (χ1n) is 9.95. The molecule has 0 spiro atoms. The summed E-state index contributed by atoms with van der Waals surface area (Å²) in [5.74, 6) is 1.10. The molecule has 29 heavy (non-hydrogen) atoms. The Kier molecular flexibility index (Phi) is 7.57. The fraction of sp³-hybridized carbons (Fsp3) is 0.455. The SMILES string of the molecule is COCc1ccccc1/C=C(\C)CN1CCN(CC(=O)Nc2cc(C)on2)CC1. The highest BCUT2D eigenvalue weighted by atomic mass is 16.5. The third-order valence-corrected chi connectivity index (χ3v) is 4.96. The Balaban J connectivity index is 1.45. The first-order valence-corrected chi connectivity index (χ1v) is 9.95. The van der Waals surface area contributed by atoms with Crippen LogP contribution in [0.25, 0.3) is 6.08 Å². The molecular formula is C22H30N4O3. The summed E-state index contributed by atoms with van der Waals surface area (Å²) < 4.78 is 10.3. The number of ether oxygens (including phenoxy) is 1. The van der Waals surface area contributed by atoms with E-state index in [1.54, 1.807) is 20.1 Å². The van der Waals surface area contributed by atoms with Crippen LogP contribution in [0.4, 0.5) is 5.82 Å². The standard InChI is InChI=1S/C22H30N4O3/c1-17(12-19-6-4-5-7-20(19)16-28-3)14-25-8-10-26(11-9-25)15-22(27)23-21-13-18(2)29-24-21/h4-7,12-13H,8-11,14-16H2,1-3H3,(H,23,24,27)/b17-12+. The van der Waals surface area contributed by atoms with Crippen LogP contribution in [-0.2, 0) is 16.1 Å². The fourth-order valence-electron chi connectivity index (χ4n) is 3.54.